The first kappa shape index (κ1) is 13.0. The molecule has 0 aliphatic carbocycles. The first-order chi connectivity index (χ1) is 8.11. The fourth-order valence-corrected chi connectivity index (χ4v) is 3.04. The third kappa shape index (κ3) is 3.49. The lowest BCUT2D eigenvalue weighted by Crippen LogP contribution is -2.28. The smallest absolute Gasteiger partial charge is 0.225 e. The molecule has 2 rings (SSSR count). The highest BCUT2D eigenvalue weighted by Gasteiger charge is 2.24. The van der Waals surface area contributed by atoms with Gasteiger partial charge in [-0.25, -0.2) is 9.97 Å². The zero-order chi connectivity index (χ0) is 12.3. The van der Waals surface area contributed by atoms with Gasteiger partial charge in [0.05, 0.1) is 5.88 Å². The van der Waals surface area contributed by atoms with Crippen molar-refractivity contribution in [1.82, 2.24) is 9.97 Å². The fourth-order valence-electron chi connectivity index (χ4n) is 1.80. The van der Waals surface area contributed by atoms with E-state index in [1.165, 1.54) is 0 Å². The number of alkyl halides is 1. The molecule has 0 saturated carbocycles. The van der Waals surface area contributed by atoms with E-state index >= 15 is 0 Å². The number of hydrogen-bond donors (Lipinski definition) is 0. The quantitative estimate of drug-likeness (QED) is 0.774. The maximum Gasteiger partial charge on any atom is 0.225 e. The largest absolute Gasteiger partial charge is 0.340 e. The summed E-state index contributed by atoms with van der Waals surface area (Å²) in [6.45, 7) is 6.66. The van der Waals surface area contributed by atoms with E-state index < -0.39 is 0 Å². The van der Waals surface area contributed by atoms with Crippen LogP contribution in [0.25, 0.3) is 0 Å². The zero-order valence-corrected chi connectivity index (χ0v) is 11.9. The van der Waals surface area contributed by atoms with Gasteiger partial charge in [0.25, 0.3) is 0 Å². The molecule has 5 heteroatoms. The van der Waals surface area contributed by atoms with Crippen molar-refractivity contribution in [2.75, 3.05) is 23.7 Å². The van der Waals surface area contributed by atoms with Gasteiger partial charge in [0.1, 0.15) is 0 Å². The summed E-state index contributed by atoms with van der Waals surface area (Å²) in [5.41, 5.74) is 0.972. The first-order valence-corrected chi connectivity index (χ1v) is 7.38. The summed E-state index contributed by atoms with van der Waals surface area (Å²) < 4.78 is 0.366. The number of nitrogens with zero attached hydrogens (tertiary/aromatic N) is 3. The third-order valence-corrected chi connectivity index (χ3v) is 4.65. The van der Waals surface area contributed by atoms with Crippen molar-refractivity contribution in [2.45, 2.75) is 30.9 Å². The van der Waals surface area contributed by atoms with Crippen LogP contribution in [-0.4, -0.2) is 33.6 Å². The molecule has 1 aliphatic heterocycles. The van der Waals surface area contributed by atoms with E-state index in [9.17, 15) is 0 Å². The summed E-state index contributed by atoms with van der Waals surface area (Å²) in [6, 6.07) is 0. The van der Waals surface area contributed by atoms with Gasteiger partial charge in [-0.15, -0.1) is 11.6 Å². The molecule has 0 amide bonds. The second-order valence-electron chi connectivity index (χ2n) is 4.87. The first-order valence-electron chi connectivity index (χ1n) is 5.86. The van der Waals surface area contributed by atoms with Crippen LogP contribution in [0.15, 0.2) is 12.4 Å². The third-order valence-electron chi connectivity index (χ3n) is 2.97. The van der Waals surface area contributed by atoms with Crippen molar-refractivity contribution in [3.63, 3.8) is 0 Å². The lowest BCUT2D eigenvalue weighted by atomic mass is 10.1. The minimum Gasteiger partial charge on any atom is -0.340 e. The molecule has 1 aromatic rings. The minimum atomic E-state index is 0.366. The van der Waals surface area contributed by atoms with Gasteiger partial charge in [0, 0.05) is 41.5 Å². The Morgan fingerprint density at radius 1 is 1.35 bits per heavy atom. The highest BCUT2D eigenvalue weighted by molar-refractivity contribution is 8.00. The van der Waals surface area contributed by atoms with Crippen molar-refractivity contribution in [1.29, 1.82) is 0 Å². The second-order valence-corrected chi connectivity index (χ2v) is 6.94. The van der Waals surface area contributed by atoms with Crippen LogP contribution < -0.4 is 4.90 Å². The molecule has 0 spiro atoms. The van der Waals surface area contributed by atoms with Crippen molar-refractivity contribution < 1.29 is 0 Å². The van der Waals surface area contributed by atoms with E-state index in [4.69, 9.17) is 11.6 Å². The molecule has 0 bridgehead atoms. The Hall–Kier alpha value is -0.480. The molecule has 2 heterocycles. The van der Waals surface area contributed by atoms with Gasteiger partial charge in [-0.05, 0) is 6.42 Å². The molecule has 3 nitrogen and oxygen atoms in total. The molecule has 1 fully saturated rings. The van der Waals surface area contributed by atoms with Crippen molar-refractivity contribution >= 4 is 29.3 Å². The number of thioether (sulfide) groups is 1. The van der Waals surface area contributed by atoms with Crippen LogP contribution in [0.2, 0.25) is 0 Å². The number of aromatic nitrogens is 2. The van der Waals surface area contributed by atoms with Crippen LogP contribution in [0.3, 0.4) is 0 Å². The van der Waals surface area contributed by atoms with Crippen LogP contribution in [0.1, 0.15) is 25.8 Å². The molecule has 0 atom stereocenters. The summed E-state index contributed by atoms with van der Waals surface area (Å²) in [6.07, 6.45) is 4.80. The van der Waals surface area contributed by atoms with Crippen molar-refractivity contribution in [3.8, 4) is 0 Å². The topological polar surface area (TPSA) is 29.0 Å². The van der Waals surface area contributed by atoms with Gasteiger partial charge < -0.3 is 4.90 Å². The Bertz CT molecular complexity index is 367. The lowest BCUT2D eigenvalue weighted by molar-refractivity contribution is 0.631. The van der Waals surface area contributed by atoms with Crippen LogP contribution >= 0.6 is 23.4 Å². The highest BCUT2D eigenvalue weighted by Crippen LogP contribution is 2.31. The normalized spacial score (nSPS) is 20.1. The van der Waals surface area contributed by atoms with E-state index in [2.05, 4.69) is 28.7 Å². The summed E-state index contributed by atoms with van der Waals surface area (Å²) >= 11 is 7.76. The Morgan fingerprint density at radius 2 is 2.06 bits per heavy atom. The van der Waals surface area contributed by atoms with Crippen molar-refractivity contribution in [3.05, 3.63) is 18.0 Å². The molecule has 0 radical (unpaired) electrons. The van der Waals surface area contributed by atoms with Gasteiger partial charge in [0.15, 0.2) is 0 Å². The fraction of sp³-hybridized carbons (Fsp3) is 0.667. The van der Waals surface area contributed by atoms with Gasteiger partial charge >= 0.3 is 0 Å². The standard InChI is InChI=1S/C12H18ClN3S/c1-12(2)3-4-16(5-6-17-12)11-14-8-10(7-13)9-15-11/h8-9H,3-7H2,1-2H3. The Balaban J connectivity index is 2.06. The molecule has 94 valence electrons. The predicted molar refractivity (Wildman–Crippen MR) is 75.0 cm³/mol. The van der Waals surface area contributed by atoms with Crippen LogP contribution in [-0.2, 0) is 5.88 Å². The summed E-state index contributed by atoms with van der Waals surface area (Å²) in [4.78, 5) is 11.0. The number of anilines is 1. The summed E-state index contributed by atoms with van der Waals surface area (Å²) in [7, 11) is 0. The lowest BCUT2D eigenvalue weighted by Gasteiger charge is -2.22. The number of hydrogen-bond acceptors (Lipinski definition) is 4. The van der Waals surface area contributed by atoms with Gasteiger partial charge in [-0.2, -0.15) is 11.8 Å². The molecule has 1 aliphatic rings. The summed E-state index contributed by atoms with van der Waals surface area (Å²) in [5.74, 6) is 2.44. The highest BCUT2D eigenvalue weighted by atomic mass is 35.5. The average Bonchev–Trinajstić information content (AvgIpc) is 2.50. The molecule has 0 N–H and O–H groups in total. The van der Waals surface area contributed by atoms with E-state index in [-0.39, 0.29) is 0 Å². The van der Waals surface area contributed by atoms with Gasteiger partial charge in [-0.1, -0.05) is 13.8 Å². The predicted octanol–water partition coefficient (Wildman–Crippen LogP) is 2.94. The van der Waals surface area contributed by atoms with Crippen molar-refractivity contribution in [2.24, 2.45) is 0 Å². The molecule has 1 saturated heterocycles. The number of rotatable bonds is 2. The molecule has 17 heavy (non-hydrogen) atoms. The zero-order valence-electron chi connectivity index (χ0n) is 10.3. The van der Waals surface area contributed by atoms with Gasteiger partial charge in [0.2, 0.25) is 5.95 Å². The van der Waals surface area contributed by atoms with Crippen LogP contribution in [0.4, 0.5) is 5.95 Å². The van der Waals surface area contributed by atoms with E-state index in [1.54, 1.807) is 0 Å². The van der Waals surface area contributed by atoms with E-state index in [0.717, 1.165) is 36.8 Å². The molecule has 0 unspecified atom stereocenters. The van der Waals surface area contributed by atoms with Crippen LogP contribution in [0, 0.1) is 0 Å². The summed E-state index contributed by atoms with van der Waals surface area (Å²) in [5, 5.41) is 0. The monoisotopic (exact) mass is 271 g/mol. The maximum absolute atomic E-state index is 5.73. The maximum atomic E-state index is 5.73. The SMILES string of the molecule is CC1(C)CCN(c2ncc(CCl)cn2)CCS1. The Labute approximate surface area is 112 Å². The van der Waals surface area contributed by atoms with Crippen LogP contribution in [0.5, 0.6) is 0 Å². The second kappa shape index (κ2) is 5.44. The molecular formula is C12H18ClN3S. The average molecular weight is 272 g/mol. The number of halogens is 1. The molecular weight excluding hydrogens is 254 g/mol. The minimum absolute atomic E-state index is 0.366. The van der Waals surface area contributed by atoms with E-state index in [0.29, 0.717) is 10.6 Å². The molecule has 0 aromatic carbocycles. The van der Waals surface area contributed by atoms with E-state index in [1.807, 2.05) is 24.2 Å². The van der Waals surface area contributed by atoms with Gasteiger partial charge in [-0.3, -0.25) is 0 Å². The Morgan fingerprint density at radius 3 is 2.71 bits per heavy atom. The Kier molecular flexibility index (Phi) is 4.15. The molecule has 1 aromatic heterocycles.